The largest absolute Gasteiger partial charge is 0.455 e. The summed E-state index contributed by atoms with van der Waals surface area (Å²) in [6.45, 7) is 1.86. The second kappa shape index (κ2) is 7.23. The molecule has 0 unspecified atom stereocenters. The first-order valence-corrected chi connectivity index (χ1v) is 9.63. The Bertz CT molecular complexity index is 1020. The maximum absolute atomic E-state index is 12.4. The smallest absolute Gasteiger partial charge is 0.340 e. The Balaban J connectivity index is 1.44. The summed E-state index contributed by atoms with van der Waals surface area (Å²) in [5, 5.41) is 3.95. The van der Waals surface area contributed by atoms with E-state index in [1.165, 1.54) is 6.26 Å². The standard InChI is InChI=1S/C19H14N2O3S2/c1-12-14(6-7-15(20-12)16-4-2-8-25-16)19(22)24-11-13-10-23-18(21-13)17-5-3-9-26-17/h2-10H,11H2,1H3. The van der Waals surface area contributed by atoms with Crippen LogP contribution in [-0.4, -0.2) is 15.9 Å². The minimum Gasteiger partial charge on any atom is -0.455 e. The molecule has 0 aliphatic heterocycles. The molecule has 0 amide bonds. The van der Waals surface area contributed by atoms with Crippen molar-refractivity contribution in [1.29, 1.82) is 0 Å². The van der Waals surface area contributed by atoms with Gasteiger partial charge in [-0.05, 0) is 41.9 Å². The van der Waals surface area contributed by atoms with Gasteiger partial charge >= 0.3 is 5.97 Å². The lowest BCUT2D eigenvalue weighted by atomic mass is 10.2. The van der Waals surface area contributed by atoms with Crippen LogP contribution in [0.3, 0.4) is 0 Å². The number of oxazole rings is 1. The van der Waals surface area contributed by atoms with E-state index < -0.39 is 5.97 Å². The molecule has 0 aliphatic rings. The normalized spacial score (nSPS) is 10.8. The van der Waals surface area contributed by atoms with Gasteiger partial charge in [0.15, 0.2) is 0 Å². The van der Waals surface area contributed by atoms with Gasteiger partial charge in [-0.1, -0.05) is 12.1 Å². The zero-order valence-corrected chi connectivity index (χ0v) is 15.5. The van der Waals surface area contributed by atoms with E-state index in [2.05, 4.69) is 9.97 Å². The summed E-state index contributed by atoms with van der Waals surface area (Å²) in [6.07, 6.45) is 1.51. The molecule has 7 heteroatoms. The average Bonchev–Trinajstić information content (AvgIpc) is 3.41. The molecule has 0 N–H and O–H groups in total. The molecule has 0 atom stereocenters. The van der Waals surface area contributed by atoms with Gasteiger partial charge in [-0.25, -0.2) is 9.78 Å². The van der Waals surface area contributed by atoms with E-state index in [0.29, 0.717) is 22.8 Å². The summed E-state index contributed by atoms with van der Waals surface area (Å²) in [5.74, 6) is 0.109. The summed E-state index contributed by atoms with van der Waals surface area (Å²) in [5.41, 5.74) is 2.52. The van der Waals surface area contributed by atoms with E-state index in [-0.39, 0.29) is 6.61 Å². The molecule has 4 aromatic rings. The lowest BCUT2D eigenvalue weighted by Gasteiger charge is -2.06. The van der Waals surface area contributed by atoms with E-state index in [1.54, 1.807) is 35.7 Å². The molecule has 0 spiro atoms. The molecular formula is C19H14N2O3S2. The number of thiophene rings is 2. The number of ether oxygens (including phenoxy) is 1. The first-order chi connectivity index (χ1) is 12.7. The molecule has 4 aromatic heterocycles. The zero-order valence-electron chi connectivity index (χ0n) is 13.8. The first-order valence-electron chi connectivity index (χ1n) is 7.87. The number of carbonyl (C=O) groups excluding carboxylic acids is 1. The topological polar surface area (TPSA) is 65.2 Å². The Morgan fingerprint density at radius 2 is 1.85 bits per heavy atom. The lowest BCUT2D eigenvalue weighted by Crippen LogP contribution is -2.08. The van der Waals surface area contributed by atoms with Crippen molar-refractivity contribution in [1.82, 2.24) is 9.97 Å². The number of esters is 1. The van der Waals surface area contributed by atoms with Crippen LogP contribution in [0.1, 0.15) is 21.7 Å². The summed E-state index contributed by atoms with van der Waals surface area (Å²) >= 11 is 3.15. The first kappa shape index (κ1) is 16.7. The Hall–Kier alpha value is -2.77. The van der Waals surface area contributed by atoms with Gasteiger partial charge in [-0.15, -0.1) is 22.7 Å². The Morgan fingerprint density at radius 1 is 1.08 bits per heavy atom. The maximum Gasteiger partial charge on any atom is 0.340 e. The van der Waals surface area contributed by atoms with Gasteiger partial charge in [0.05, 0.1) is 26.7 Å². The molecule has 4 heterocycles. The average molecular weight is 382 g/mol. The van der Waals surface area contributed by atoms with E-state index >= 15 is 0 Å². The van der Waals surface area contributed by atoms with Crippen LogP contribution in [0, 0.1) is 6.92 Å². The quantitative estimate of drug-likeness (QED) is 0.444. The van der Waals surface area contributed by atoms with E-state index in [4.69, 9.17) is 9.15 Å². The summed E-state index contributed by atoms with van der Waals surface area (Å²) < 4.78 is 10.8. The van der Waals surface area contributed by atoms with Crippen LogP contribution in [-0.2, 0) is 11.3 Å². The van der Waals surface area contributed by atoms with E-state index in [9.17, 15) is 4.79 Å². The van der Waals surface area contributed by atoms with E-state index in [1.807, 2.05) is 41.1 Å². The fourth-order valence-electron chi connectivity index (χ4n) is 2.44. The fraction of sp³-hybridized carbons (Fsp3) is 0.105. The SMILES string of the molecule is Cc1nc(-c2cccs2)ccc1C(=O)OCc1coc(-c2cccs2)n1. The molecule has 130 valence electrons. The van der Waals surface area contributed by atoms with Crippen LogP contribution >= 0.6 is 22.7 Å². The molecule has 0 saturated carbocycles. The summed E-state index contributed by atoms with van der Waals surface area (Å²) in [4.78, 5) is 23.2. The van der Waals surface area contributed by atoms with Crippen molar-refractivity contribution < 1.29 is 13.9 Å². The Morgan fingerprint density at radius 3 is 2.54 bits per heavy atom. The molecule has 0 bridgehead atoms. The lowest BCUT2D eigenvalue weighted by molar-refractivity contribution is 0.0466. The third-order valence-corrected chi connectivity index (χ3v) is 5.46. The Labute approximate surface area is 157 Å². The van der Waals surface area contributed by atoms with Gasteiger partial charge in [0.2, 0.25) is 5.89 Å². The second-order valence-electron chi connectivity index (χ2n) is 5.50. The van der Waals surface area contributed by atoms with Crippen molar-refractivity contribution in [3.8, 4) is 21.3 Å². The van der Waals surface area contributed by atoms with Crippen LogP contribution in [0.2, 0.25) is 0 Å². The number of rotatable bonds is 5. The Kier molecular flexibility index (Phi) is 4.64. The molecule has 4 rings (SSSR count). The van der Waals surface area contributed by atoms with Crippen LogP contribution in [0.4, 0.5) is 0 Å². The number of pyridine rings is 1. The highest BCUT2D eigenvalue weighted by molar-refractivity contribution is 7.13. The third kappa shape index (κ3) is 3.44. The molecule has 0 fully saturated rings. The summed E-state index contributed by atoms with van der Waals surface area (Å²) in [6, 6.07) is 11.4. The molecular weight excluding hydrogens is 368 g/mol. The highest BCUT2D eigenvalue weighted by Gasteiger charge is 2.15. The molecule has 5 nitrogen and oxygen atoms in total. The number of hydrogen-bond acceptors (Lipinski definition) is 7. The van der Waals surface area contributed by atoms with Crippen molar-refractivity contribution in [3.05, 3.63) is 70.4 Å². The molecule has 0 saturated heterocycles. The highest BCUT2D eigenvalue weighted by atomic mass is 32.1. The predicted octanol–water partition coefficient (Wildman–Crippen LogP) is 5.19. The van der Waals surface area contributed by atoms with Crippen molar-refractivity contribution in [2.24, 2.45) is 0 Å². The number of nitrogens with zero attached hydrogens (tertiary/aromatic N) is 2. The molecule has 26 heavy (non-hydrogen) atoms. The minimum atomic E-state index is -0.423. The van der Waals surface area contributed by atoms with Crippen molar-refractivity contribution in [2.75, 3.05) is 0 Å². The van der Waals surface area contributed by atoms with Gasteiger partial charge in [0.1, 0.15) is 18.6 Å². The number of aryl methyl sites for hydroxylation is 1. The zero-order chi connectivity index (χ0) is 17.9. The minimum absolute atomic E-state index is 0.0554. The number of aromatic nitrogens is 2. The van der Waals surface area contributed by atoms with Crippen LogP contribution in [0.5, 0.6) is 0 Å². The summed E-state index contributed by atoms with van der Waals surface area (Å²) in [7, 11) is 0. The highest BCUT2D eigenvalue weighted by Crippen LogP contribution is 2.25. The number of carbonyl (C=O) groups is 1. The molecule has 0 aromatic carbocycles. The van der Waals surface area contributed by atoms with Crippen LogP contribution in [0.25, 0.3) is 21.3 Å². The van der Waals surface area contributed by atoms with Gasteiger partial charge in [0, 0.05) is 0 Å². The van der Waals surface area contributed by atoms with Crippen molar-refractivity contribution in [2.45, 2.75) is 13.5 Å². The van der Waals surface area contributed by atoms with Crippen molar-refractivity contribution >= 4 is 28.6 Å². The van der Waals surface area contributed by atoms with Crippen LogP contribution < -0.4 is 0 Å². The monoisotopic (exact) mass is 382 g/mol. The van der Waals surface area contributed by atoms with E-state index in [0.717, 1.165) is 15.4 Å². The van der Waals surface area contributed by atoms with Crippen LogP contribution in [0.15, 0.2) is 57.8 Å². The second-order valence-corrected chi connectivity index (χ2v) is 7.40. The van der Waals surface area contributed by atoms with Gasteiger partial charge in [-0.2, -0.15) is 0 Å². The molecule has 0 aliphatic carbocycles. The van der Waals surface area contributed by atoms with Gasteiger partial charge in [0.25, 0.3) is 0 Å². The maximum atomic E-state index is 12.4. The van der Waals surface area contributed by atoms with Gasteiger partial charge < -0.3 is 9.15 Å². The molecule has 0 radical (unpaired) electrons. The fourth-order valence-corrected chi connectivity index (χ4v) is 3.79. The third-order valence-electron chi connectivity index (χ3n) is 3.71. The van der Waals surface area contributed by atoms with Crippen molar-refractivity contribution in [3.63, 3.8) is 0 Å². The van der Waals surface area contributed by atoms with Gasteiger partial charge in [-0.3, -0.25) is 4.98 Å². The number of hydrogen-bond donors (Lipinski definition) is 0. The predicted molar refractivity (Wildman–Crippen MR) is 101 cm³/mol.